The van der Waals surface area contributed by atoms with Crippen molar-refractivity contribution in [3.63, 3.8) is 0 Å². The van der Waals surface area contributed by atoms with Gasteiger partial charge >= 0.3 is 0 Å². The Balaban J connectivity index is 1.54. The van der Waals surface area contributed by atoms with Crippen molar-refractivity contribution < 1.29 is 5.11 Å². The molecule has 0 spiro atoms. The first-order valence-electron chi connectivity index (χ1n) is 7.93. The van der Waals surface area contributed by atoms with Crippen molar-refractivity contribution in [3.8, 4) is 5.69 Å². The normalized spacial score (nSPS) is 18.5. The van der Waals surface area contributed by atoms with E-state index in [0.717, 1.165) is 50.6 Å². The molecule has 1 aliphatic rings. The highest BCUT2D eigenvalue weighted by molar-refractivity contribution is 5.30. The predicted octanol–water partition coefficient (Wildman–Crippen LogP) is 1.37. The second-order valence-electron chi connectivity index (χ2n) is 6.01. The van der Waals surface area contributed by atoms with Crippen LogP contribution in [0.5, 0.6) is 0 Å². The molecule has 2 aromatic rings. The number of nitrogens with zero attached hydrogens (tertiary/aromatic N) is 4. The number of β-amino-alcohol motifs (C(OH)–C–C–N with tert-alkyl or cyclic N) is 1. The standard InChI is InChI=1S/C17H24N4O/c1-15(22)13-19-9-11-20(12-10-19)14-16-7-8-21(18-16)17-5-3-2-4-6-17/h2-8,15,22H,9-14H2,1H3. The highest BCUT2D eigenvalue weighted by Gasteiger charge is 2.18. The number of benzene rings is 1. The van der Waals surface area contributed by atoms with Gasteiger partial charge in [0.15, 0.2) is 0 Å². The topological polar surface area (TPSA) is 44.5 Å². The molecule has 0 amide bonds. The number of para-hydroxylation sites is 1. The van der Waals surface area contributed by atoms with E-state index in [2.05, 4.69) is 33.1 Å². The van der Waals surface area contributed by atoms with E-state index in [1.807, 2.05) is 36.0 Å². The van der Waals surface area contributed by atoms with Crippen LogP contribution < -0.4 is 0 Å². The minimum atomic E-state index is -0.242. The molecular formula is C17H24N4O. The molecule has 118 valence electrons. The molecule has 1 aliphatic heterocycles. The van der Waals surface area contributed by atoms with Gasteiger partial charge in [-0.25, -0.2) is 4.68 Å². The molecular weight excluding hydrogens is 276 g/mol. The maximum atomic E-state index is 9.45. The van der Waals surface area contributed by atoms with E-state index in [4.69, 9.17) is 0 Å². The second-order valence-corrected chi connectivity index (χ2v) is 6.01. The van der Waals surface area contributed by atoms with E-state index >= 15 is 0 Å². The fourth-order valence-corrected chi connectivity index (χ4v) is 2.90. The summed E-state index contributed by atoms with van der Waals surface area (Å²) in [6.07, 6.45) is 1.78. The van der Waals surface area contributed by atoms with Crippen molar-refractivity contribution in [2.45, 2.75) is 19.6 Å². The van der Waals surface area contributed by atoms with Gasteiger partial charge in [-0.1, -0.05) is 18.2 Å². The van der Waals surface area contributed by atoms with Crippen LogP contribution in [0.15, 0.2) is 42.6 Å². The smallest absolute Gasteiger partial charge is 0.0769 e. The summed E-state index contributed by atoms with van der Waals surface area (Å²) in [5, 5.41) is 14.1. The molecule has 1 aromatic carbocycles. The van der Waals surface area contributed by atoms with Crippen LogP contribution in [-0.2, 0) is 6.54 Å². The Hall–Kier alpha value is -1.69. The molecule has 1 fully saturated rings. The van der Waals surface area contributed by atoms with E-state index in [1.165, 1.54) is 0 Å². The first-order chi connectivity index (χ1) is 10.7. The molecule has 3 rings (SSSR count). The van der Waals surface area contributed by atoms with Gasteiger partial charge in [-0.15, -0.1) is 0 Å². The number of hydrogen-bond donors (Lipinski definition) is 1. The van der Waals surface area contributed by atoms with Crippen LogP contribution in [0.2, 0.25) is 0 Å². The third kappa shape index (κ3) is 3.94. The number of aliphatic hydroxyl groups is 1. The first-order valence-corrected chi connectivity index (χ1v) is 7.93. The zero-order valence-corrected chi connectivity index (χ0v) is 13.1. The Morgan fingerprint density at radius 1 is 1.05 bits per heavy atom. The summed E-state index contributed by atoms with van der Waals surface area (Å²) in [5.41, 5.74) is 2.20. The van der Waals surface area contributed by atoms with E-state index < -0.39 is 0 Å². The number of hydrogen-bond acceptors (Lipinski definition) is 4. The van der Waals surface area contributed by atoms with Gasteiger partial charge in [-0.3, -0.25) is 9.80 Å². The molecule has 5 nitrogen and oxygen atoms in total. The molecule has 0 bridgehead atoms. The van der Waals surface area contributed by atoms with Gasteiger partial charge in [-0.05, 0) is 25.1 Å². The van der Waals surface area contributed by atoms with Crippen molar-refractivity contribution in [2.75, 3.05) is 32.7 Å². The molecule has 1 saturated heterocycles. The van der Waals surface area contributed by atoms with Crippen molar-refractivity contribution in [2.24, 2.45) is 0 Å². The molecule has 0 radical (unpaired) electrons. The fraction of sp³-hybridized carbons (Fsp3) is 0.471. The maximum Gasteiger partial charge on any atom is 0.0769 e. The van der Waals surface area contributed by atoms with E-state index in [-0.39, 0.29) is 6.10 Å². The molecule has 5 heteroatoms. The lowest BCUT2D eigenvalue weighted by molar-refractivity contribution is 0.0776. The van der Waals surface area contributed by atoms with Crippen molar-refractivity contribution in [1.82, 2.24) is 19.6 Å². The molecule has 1 aromatic heterocycles. The van der Waals surface area contributed by atoms with Crippen LogP contribution in [0, 0.1) is 0 Å². The Bertz CT molecular complexity index is 573. The molecule has 1 N–H and O–H groups in total. The zero-order valence-electron chi connectivity index (χ0n) is 13.1. The highest BCUT2D eigenvalue weighted by atomic mass is 16.3. The summed E-state index contributed by atoms with van der Waals surface area (Å²) < 4.78 is 1.93. The minimum Gasteiger partial charge on any atom is -0.392 e. The summed E-state index contributed by atoms with van der Waals surface area (Å²) in [6.45, 7) is 7.62. The number of piperazine rings is 1. The summed E-state index contributed by atoms with van der Waals surface area (Å²) in [7, 11) is 0. The lowest BCUT2D eigenvalue weighted by Crippen LogP contribution is -2.47. The predicted molar refractivity (Wildman–Crippen MR) is 87.0 cm³/mol. The fourth-order valence-electron chi connectivity index (χ4n) is 2.90. The highest BCUT2D eigenvalue weighted by Crippen LogP contribution is 2.10. The Kier molecular flexibility index (Phi) is 4.87. The first kappa shape index (κ1) is 15.2. The zero-order chi connectivity index (χ0) is 15.4. The third-order valence-electron chi connectivity index (χ3n) is 4.04. The molecule has 1 atom stereocenters. The molecule has 1 unspecified atom stereocenters. The molecule has 0 aliphatic carbocycles. The SMILES string of the molecule is CC(O)CN1CCN(Cc2ccn(-c3ccccc3)n2)CC1. The Labute approximate surface area is 131 Å². The molecule has 22 heavy (non-hydrogen) atoms. The monoisotopic (exact) mass is 300 g/mol. The lowest BCUT2D eigenvalue weighted by Gasteiger charge is -2.34. The summed E-state index contributed by atoms with van der Waals surface area (Å²) in [5.74, 6) is 0. The van der Waals surface area contributed by atoms with Gasteiger partial charge in [0.05, 0.1) is 17.5 Å². The number of aromatic nitrogens is 2. The third-order valence-corrected chi connectivity index (χ3v) is 4.04. The van der Waals surface area contributed by atoms with Crippen LogP contribution in [0.25, 0.3) is 5.69 Å². The largest absolute Gasteiger partial charge is 0.392 e. The average molecular weight is 300 g/mol. The van der Waals surface area contributed by atoms with E-state index in [1.54, 1.807) is 0 Å². The maximum absolute atomic E-state index is 9.45. The summed E-state index contributed by atoms with van der Waals surface area (Å²) in [4.78, 5) is 4.75. The summed E-state index contributed by atoms with van der Waals surface area (Å²) >= 11 is 0. The Morgan fingerprint density at radius 2 is 1.73 bits per heavy atom. The minimum absolute atomic E-state index is 0.242. The van der Waals surface area contributed by atoms with Gasteiger partial charge in [0.2, 0.25) is 0 Å². The van der Waals surface area contributed by atoms with Gasteiger partial charge in [0.1, 0.15) is 0 Å². The van der Waals surface area contributed by atoms with Gasteiger partial charge < -0.3 is 5.11 Å². The van der Waals surface area contributed by atoms with Crippen LogP contribution in [-0.4, -0.2) is 63.5 Å². The van der Waals surface area contributed by atoms with E-state index in [0.29, 0.717) is 0 Å². The van der Waals surface area contributed by atoms with Crippen molar-refractivity contribution in [1.29, 1.82) is 0 Å². The average Bonchev–Trinajstić information content (AvgIpc) is 2.98. The van der Waals surface area contributed by atoms with Crippen molar-refractivity contribution >= 4 is 0 Å². The lowest BCUT2D eigenvalue weighted by atomic mass is 10.2. The van der Waals surface area contributed by atoms with Crippen LogP contribution in [0.1, 0.15) is 12.6 Å². The Morgan fingerprint density at radius 3 is 2.41 bits per heavy atom. The number of aliphatic hydroxyl groups excluding tert-OH is 1. The molecule has 0 saturated carbocycles. The van der Waals surface area contributed by atoms with Crippen molar-refractivity contribution in [3.05, 3.63) is 48.3 Å². The summed E-state index contributed by atoms with van der Waals surface area (Å²) in [6, 6.07) is 12.3. The number of rotatable bonds is 5. The van der Waals surface area contributed by atoms with Crippen LogP contribution >= 0.6 is 0 Å². The van der Waals surface area contributed by atoms with Crippen LogP contribution in [0.3, 0.4) is 0 Å². The van der Waals surface area contributed by atoms with E-state index in [9.17, 15) is 5.11 Å². The van der Waals surface area contributed by atoms with Gasteiger partial charge in [0, 0.05) is 45.5 Å². The van der Waals surface area contributed by atoms with Crippen LogP contribution in [0.4, 0.5) is 0 Å². The van der Waals surface area contributed by atoms with Gasteiger partial charge in [-0.2, -0.15) is 5.10 Å². The second kappa shape index (κ2) is 7.05. The molecule has 2 heterocycles. The quantitative estimate of drug-likeness (QED) is 0.906. The van der Waals surface area contributed by atoms with Gasteiger partial charge in [0.25, 0.3) is 0 Å².